The van der Waals surface area contributed by atoms with Gasteiger partial charge >= 0.3 is 0 Å². The van der Waals surface area contributed by atoms with Gasteiger partial charge in [-0.15, -0.1) is 0 Å². The molecule has 18 heavy (non-hydrogen) atoms. The Morgan fingerprint density at radius 3 is 2.28 bits per heavy atom. The predicted molar refractivity (Wildman–Crippen MR) is 72.3 cm³/mol. The number of hydrogen-bond donors (Lipinski definition) is 0. The van der Waals surface area contributed by atoms with Crippen LogP contribution in [-0.4, -0.2) is 6.10 Å². The molecule has 0 N–H and O–H groups in total. The van der Waals surface area contributed by atoms with Crippen molar-refractivity contribution in [1.29, 1.82) is 5.26 Å². The fourth-order valence-electron chi connectivity index (χ4n) is 1.88. The van der Waals surface area contributed by atoms with Gasteiger partial charge < -0.3 is 4.74 Å². The van der Waals surface area contributed by atoms with Crippen molar-refractivity contribution in [1.82, 2.24) is 0 Å². The molecule has 0 aromatic heterocycles. The van der Waals surface area contributed by atoms with Crippen molar-refractivity contribution in [2.45, 2.75) is 20.0 Å². The predicted octanol–water partition coefficient (Wildman–Crippen LogP) is 3.95. The molecule has 2 aromatic carbocycles. The van der Waals surface area contributed by atoms with E-state index in [-0.39, 0.29) is 0 Å². The third-order valence-corrected chi connectivity index (χ3v) is 2.81. The topological polar surface area (TPSA) is 33.0 Å². The molecule has 0 saturated heterocycles. The average Bonchev–Trinajstić information content (AvgIpc) is 2.40. The molecule has 0 fully saturated rings. The number of nitriles is 1. The van der Waals surface area contributed by atoms with Crippen LogP contribution in [0.1, 0.15) is 12.5 Å². The first kappa shape index (κ1) is 12.2. The van der Waals surface area contributed by atoms with Crippen molar-refractivity contribution in [3.63, 3.8) is 0 Å². The molecular formula is C16H15NO. The zero-order chi connectivity index (χ0) is 13.0. The number of hydrogen-bond acceptors (Lipinski definition) is 2. The average molecular weight is 237 g/mol. The minimum Gasteiger partial charge on any atom is -0.475 e. The number of aryl methyl sites for hydroxylation is 1. The van der Waals surface area contributed by atoms with Crippen LogP contribution >= 0.6 is 0 Å². The molecule has 0 aliphatic heterocycles. The Bertz CT molecular complexity index is 584. The highest BCUT2D eigenvalue weighted by Crippen LogP contribution is 2.32. The van der Waals surface area contributed by atoms with Gasteiger partial charge in [-0.05, 0) is 31.0 Å². The van der Waals surface area contributed by atoms with E-state index in [1.807, 2.05) is 36.4 Å². The number of ether oxygens (including phenoxy) is 1. The smallest absolute Gasteiger partial charge is 0.181 e. The summed E-state index contributed by atoms with van der Waals surface area (Å²) in [7, 11) is 0. The minimum atomic E-state index is -0.449. The summed E-state index contributed by atoms with van der Waals surface area (Å²) < 4.78 is 5.64. The van der Waals surface area contributed by atoms with Gasteiger partial charge in [0.05, 0.1) is 0 Å². The first-order valence-corrected chi connectivity index (χ1v) is 5.93. The third kappa shape index (κ3) is 2.52. The molecule has 2 rings (SSSR count). The summed E-state index contributed by atoms with van der Waals surface area (Å²) in [4.78, 5) is 0. The van der Waals surface area contributed by atoms with Crippen LogP contribution in [0.2, 0.25) is 0 Å². The Morgan fingerprint density at radius 1 is 1.00 bits per heavy atom. The fraction of sp³-hybridized carbons (Fsp3) is 0.188. The second-order valence-electron chi connectivity index (χ2n) is 4.20. The summed E-state index contributed by atoms with van der Waals surface area (Å²) in [5, 5.41) is 8.84. The molecular weight excluding hydrogens is 222 g/mol. The van der Waals surface area contributed by atoms with Crippen LogP contribution in [0.25, 0.3) is 11.1 Å². The fourth-order valence-corrected chi connectivity index (χ4v) is 1.88. The van der Waals surface area contributed by atoms with Crippen LogP contribution in [0.3, 0.4) is 0 Å². The molecule has 2 aromatic rings. The van der Waals surface area contributed by atoms with E-state index in [0.717, 1.165) is 16.9 Å². The SMILES string of the molecule is Cc1ccccc1-c1ccccc1OC(C)C#N. The Hall–Kier alpha value is -2.27. The summed E-state index contributed by atoms with van der Waals surface area (Å²) in [5.41, 5.74) is 3.36. The number of rotatable bonds is 3. The highest BCUT2D eigenvalue weighted by molar-refractivity contribution is 5.73. The molecule has 2 nitrogen and oxygen atoms in total. The van der Waals surface area contributed by atoms with Gasteiger partial charge in [-0.3, -0.25) is 0 Å². The van der Waals surface area contributed by atoms with Crippen LogP contribution in [-0.2, 0) is 0 Å². The lowest BCUT2D eigenvalue weighted by Gasteiger charge is -2.14. The standard InChI is InChI=1S/C16H15NO/c1-12-7-3-4-8-14(12)15-9-5-6-10-16(15)18-13(2)11-17/h3-10,13H,1-2H3. The third-order valence-electron chi connectivity index (χ3n) is 2.81. The molecule has 0 bridgehead atoms. The van der Waals surface area contributed by atoms with Gasteiger partial charge in [0.1, 0.15) is 11.8 Å². The lowest BCUT2D eigenvalue weighted by Crippen LogP contribution is -2.08. The molecule has 0 aliphatic carbocycles. The van der Waals surface area contributed by atoms with Gasteiger partial charge in [0.25, 0.3) is 0 Å². The first-order valence-electron chi connectivity index (χ1n) is 5.93. The molecule has 0 aliphatic rings. The highest BCUT2D eigenvalue weighted by atomic mass is 16.5. The van der Waals surface area contributed by atoms with E-state index < -0.39 is 6.10 Å². The van der Waals surface area contributed by atoms with Crippen LogP contribution < -0.4 is 4.74 Å². The highest BCUT2D eigenvalue weighted by Gasteiger charge is 2.10. The lowest BCUT2D eigenvalue weighted by molar-refractivity contribution is 0.277. The summed E-state index contributed by atoms with van der Waals surface area (Å²) in [6, 6.07) is 18.0. The van der Waals surface area contributed by atoms with E-state index in [4.69, 9.17) is 10.00 Å². The molecule has 0 spiro atoms. The second kappa shape index (κ2) is 5.37. The van der Waals surface area contributed by atoms with E-state index in [1.165, 1.54) is 5.56 Å². The summed E-state index contributed by atoms with van der Waals surface area (Å²) in [6.45, 7) is 3.81. The molecule has 0 saturated carbocycles. The Kier molecular flexibility index (Phi) is 3.64. The normalized spacial score (nSPS) is 11.6. The molecule has 2 heteroatoms. The number of para-hydroxylation sites is 1. The van der Waals surface area contributed by atoms with Gasteiger partial charge in [-0.2, -0.15) is 5.26 Å². The van der Waals surface area contributed by atoms with Crippen molar-refractivity contribution in [3.8, 4) is 22.9 Å². The molecule has 0 amide bonds. The maximum absolute atomic E-state index is 8.84. The second-order valence-corrected chi connectivity index (χ2v) is 4.20. The van der Waals surface area contributed by atoms with E-state index in [9.17, 15) is 0 Å². The zero-order valence-corrected chi connectivity index (χ0v) is 10.6. The van der Waals surface area contributed by atoms with Crippen molar-refractivity contribution < 1.29 is 4.74 Å². The van der Waals surface area contributed by atoms with Crippen LogP contribution in [0, 0.1) is 18.3 Å². The van der Waals surface area contributed by atoms with Gasteiger partial charge in [0.15, 0.2) is 6.10 Å². The van der Waals surface area contributed by atoms with Crippen molar-refractivity contribution >= 4 is 0 Å². The summed E-state index contributed by atoms with van der Waals surface area (Å²) in [6.07, 6.45) is -0.449. The maximum atomic E-state index is 8.84. The summed E-state index contributed by atoms with van der Waals surface area (Å²) in [5.74, 6) is 0.751. The van der Waals surface area contributed by atoms with Gasteiger partial charge in [-0.1, -0.05) is 42.5 Å². The largest absolute Gasteiger partial charge is 0.475 e. The van der Waals surface area contributed by atoms with Crippen molar-refractivity contribution in [3.05, 3.63) is 54.1 Å². The molecule has 0 heterocycles. The van der Waals surface area contributed by atoms with Gasteiger partial charge in [0.2, 0.25) is 0 Å². The quantitative estimate of drug-likeness (QED) is 0.809. The van der Waals surface area contributed by atoms with Crippen molar-refractivity contribution in [2.24, 2.45) is 0 Å². The van der Waals surface area contributed by atoms with Crippen LogP contribution in [0.5, 0.6) is 5.75 Å². The zero-order valence-electron chi connectivity index (χ0n) is 10.6. The number of benzene rings is 2. The Morgan fingerprint density at radius 2 is 1.61 bits per heavy atom. The molecule has 1 atom stereocenters. The summed E-state index contributed by atoms with van der Waals surface area (Å²) >= 11 is 0. The van der Waals surface area contributed by atoms with Crippen LogP contribution in [0.15, 0.2) is 48.5 Å². The van der Waals surface area contributed by atoms with E-state index in [2.05, 4.69) is 25.1 Å². The minimum absolute atomic E-state index is 0.449. The Labute approximate surface area is 107 Å². The van der Waals surface area contributed by atoms with Gasteiger partial charge in [0, 0.05) is 5.56 Å². The number of nitrogens with zero attached hydrogens (tertiary/aromatic N) is 1. The molecule has 90 valence electrons. The molecule has 1 unspecified atom stereocenters. The van der Waals surface area contributed by atoms with Crippen molar-refractivity contribution in [2.75, 3.05) is 0 Å². The maximum Gasteiger partial charge on any atom is 0.181 e. The Balaban J connectivity index is 2.46. The van der Waals surface area contributed by atoms with E-state index in [1.54, 1.807) is 6.92 Å². The molecule has 0 radical (unpaired) electrons. The van der Waals surface area contributed by atoms with Gasteiger partial charge in [-0.25, -0.2) is 0 Å². The monoisotopic (exact) mass is 237 g/mol. The first-order chi connectivity index (χ1) is 8.72. The lowest BCUT2D eigenvalue weighted by atomic mass is 10.00. The van der Waals surface area contributed by atoms with E-state index in [0.29, 0.717) is 0 Å². The van der Waals surface area contributed by atoms with E-state index >= 15 is 0 Å². The van der Waals surface area contributed by atoms with Crippen LogP contribution in [0.4, 0.5) is 0 Å².